The van der Waals surface area contributed by atoms with Gasteiger partial charge < -0.3 is 16.2 Å². The third-order valence-electron chi connectivity index (χ3n) is 3.59. The Bertz CT molecular complexity index is 420. The number of benzene rings is 1. The van der Waals surface area contributed by atoms with E-state index in [0.717, 1.165) is 30.4 Å². The normalized spacial score (nSPS) is 23.0. The zero-order valence-electron chi connectivity index (χ0n) is 10.4. The summed E-state index contributed by atoms with van der Waals surface area (Å²) < 4.78 is 0. The molecule has 1 amide bonds. The summed E-state index contributed by atoms with van der Waals surface area (Å²) >= 11 is 0. The Hall–Kier alpha value is -1.39. The van der Waals surface area contributed by atoms with Gasteiger partial charge in [-0.1, -0.05) is 24.3 Å². The predicted octanol–water partition coefficient (Wildman–Crippen LogP) is 0.922. The zero-order chi connectivity index (χ0) is 13.0. The second-order valence-electron chi connectivity index (χ2n) is 4.91. The second-order valence-corrected chi connectivity index (χ2v) is 4.91. The summed E-state index contributed by atoms with van der Waals surface area (Å²) in [6.45, 7) is 0.474. The van der Waals surface area contributed by atoms with Gasteiger partial charge in [0.15, 0.2) is 0 Å². The number of aliphatic hydroxyl groups excluding tert-OH is 1. The Morgan fingerprint density at radius 2 is 2.06 bits per heavy atom. The Labute approximate surface area is 107 Å². The van der Waals surface area contributed by atoms with Crippen LogP contribution in [0.15, 0.2) is 24.3 Å². The van der Waals surface area contributed by atoms with E-state index in [9.17, 15) is 9.90 Å². The van der Waals surface area contributed by atoms with Gasteiger partial charge in [0.1, 0.15) is 0 Å². The van der Waals surface area contributed by atoms with Crippen LogP contribution in [0.4, 0.5) is 0 Å². The zero-order valence-corrected chi connectivity index (χ0v) is 10.4. The van der Waals surface area contributed by atoms with Gasteiger partial charge in [-0.15, -0.1) is 0 Å². The predicted molar refractivity (Wildman–Crippen MR) is 69.5 cm³/mol. The van der Waals surface area contributed by atoms with Gasteiger partial charge in [0.25, 0.3) is 0 Å². The van der Waals surface area contributed by atoms with Crippen molar-refractivity contribution in [2.75, 3.05) is 0 Å². The third-order valence-corrected chi connectivity index (χ3v) is 3.59. The van der Waals surface area contributed by atoms with E-state index in [0.29, 0.717) is 6.54 Å². The summed E-state index contributed by atoms with van der Waals surface area (Å²) in [5.41, 5.74) is 7.63. The minimum Gasteiger partial charge on any atom is -0.392 e. The fourth-order valence-corrected chi connectivity index (χ4v) is 2.47. The molecule has 1 aliphatic carbocycles. The minimum absolute atomic E-state index is 0.000344. The number of hydrogen-bond donors (Lipinski definition) is 3. The van der Waals surface area contributed by atoms with Gasteiger partial charge in [0, 0.05) is 18.5 Å². The van der Waals surface area contributed by atoms with E-state index < -0.39 is 0 Å². The summed E-state index contributed by atoms with van der Waals surface area (Å²) in [7, 11) is 0. The molecule has 1 fully saturated rings. The molecule has 0 saturated heterocycles. The van der Waals surface area contributed by atoms with Gasteiger partial charge in [0.2, 0.25) is 5.91 Å². The van der Waals surface area contributed by atoms with Crippen LogP contribution in [0.2, 0.25) is 0 Å². The molecule has 0 radical (unpaired) electrons. The molecule has 4 heteroatoms. The minimum atomic E-state index is 0.000344. The smallest absolute Gasteiger partial charge is 0.223 e. The van der Waals surface area contributed by atoms with E-state index in [2.05, 4.69) is 5.32 Å². The quantitative estimate of drug-likeness (QED) is 0.741. The molecule has 1 aromatic rings. The monoisotopic (exact) mass is 248 g/mol. The molecule has 0 unspecified atom stereocenters. The topological polar surface area (TPSA) is 75.4 Å². The van der Waals surface area contributed by atoms with Crippen LogP contribution in [0.5, 0.6) is 0 Å². The van der Waals surface area contributed by atoms with Crippen molar-refractivity contribution in [1.29, 1.82) is 0 Å². The first-order chi connectivity index (χ1) is 8.70. The van der Waals surface area contributed by atoms with E-state index >= 15 is 0 Å². The van der Waals surface area contributed by atoms with Crippen molar-refractivity contribution in [2.24, 2.45) is 11.7 Å². The largest absolute Gasteiger partial charge is 0.392 e. The van der Waals surface area contributed by atoms with Gasteiger partial charge in [0.05, 0.1) is 6.61 Å². The van der Waals surface area contributed by atoms with Crippen molar-refractivity contribution in [3.05, 3.63) is 35.4 Å². The Morgan fingerprint density at radius 1 is 1.33 bits per heavy atom. The highest BCUT2D eigenvalue weighted by Crippen LogP contribution is 2.24. The lowest BCUT2D eigenvalue weighted by Crippen LogP contribution is -2.30. The summed E-state index contributed by atoms with van der Waals surface area (Å²) in [5, 5.41) is 12.1. The fraction of sp³-hybridized carbons (Fsp3) is 0.500. The number of aliphatic hydroxyl groups is 1. The van der Waals surface area contributed by atoms with E-state index in [4.69, 9.17) is 5.73 Å². The Kier molecular flexibility index (Phi) is 4.33. The molecule has 0 aliphatic heterocycles. The van der Waals surface area contributed by atoms with Gasteiger partial charge in [-0.25, -0.2) is 0 Å². The van der Waals surface area contributed by atoms with Crippen molar-refractivity contribution in [1.82, 2.24) is 5.32 Å². The summed E-state index contributed by atoms with van der Waals surface area (Å²) in [5.74, 6) is 0.136. The Morgan fingerprint density at radius 3 is 2.67 bits per heavy atom. The number of carbonyl (C=O) groups excluding carboxylic acids is 1. The molecule has 18 heavy (non-hydrogen) atoms. The maximum Gasteiger partial charge on any atom is 0.223 e. The van der Waals surface area contributed by atoms with Gasteiger partial charge in [-0.2, -0.15) is 0 Å². The second kappa shape index (κ2) is 5.98. The highest BCUT2D eigenvalue weighted by molar-refractivity contribution is 5.79. The molecule has 2 atom stereocenters. The molecule has 0 heterocycles. The van der Waals surface area contributed by atoms with Crippen molar-refractivity contribution in [3.63, 3.8) is 0 Å². The first-order valence-corrected chi connectivity index (χ1v) is 6.41. The van der Waals surface area contributed by atoms with Crippen molar-refractivity contribution in [2.45, 2.75) is 38.5 Å². The number of amides is 1. The lowest BCUT2D eigenvalue weighted by atomic mass is 10.1. The summed E-state index contributed by atoms with van der Waals surface area (Å²) in [4.78, 5) is 11.9. The number of carbonyl (C=O) groups is 1. The summed E-state index contributed by atoms with van der Waals surface area (Å²) in [6, 6.07) is 7.75. The van der Waals surface area contributed by atoms with Crippen LogP contribution in [0.25, 0.3) is 0 Å². The SMILES string of the molecule is N[C@H]1CC[C@@H](C(=O)NCc2ccccc2CO)C1. The average Bonchev–Trinajstić information content (AvgIpc) is 2.83. The molecule has 1 saturated carbocycles. The molecule has 4 N–H and O–H groups in total. The molecule has 0 spiro atoms. The first-order valence-electron chi connectivity index (χ1n) is 6.41. The van der Waals surface area contributed by atoms with Crippen molar-refractivity contribution in [3.8, 4) is 0 Å². The number of nitrogens with one attached hydrogen (secondary N) is 1. The third kappa shape index (κ3) is 3.09. The molecule has 2 rings (SSSR count). The van der Waals surface area contributed by atoms with Crippen LogP contribution in [-0.4, -0.2) is 17.1 Å². The van der Waals surface area contributed by atoms with E-state index in [1.165, 1.54) is 0 Å². The molecular formula is C14H20N2O2. The highest BCUT2D eigenvalue weighted by atomic mass is 16.3. The van der Waals surface area contributed by atoms with Crippen LogP contribution in [0.1, 0.15) is 30.4 Å². The van der Waals surface area contributed by atoms with Crippen molar-refractivity contribution < 1.29 is 9.90 Å². The maximum absolute atomic E-state index is 11.9. The lowest BCUT2D eigenvalue weighted by Gasteiger charge is -2.12. The van der Waals surface area contributed by atoms with Gasteiger partial charge in [-0.05, 0) is 30.4 Å². The van der Waals surface area contributed by atoms with E-state index in [-0.39, 0.29) is 24.5 Å². The van der Waals surface area contributed by atoms with Crippen LogP contribution >= 0.6 is 0 Å². The molecule has 98 valence electrons. The highest BCUT2D eigenvalue weighted by Gasteiger charge is 2.27. The van der Waals surface area contributed by atoms with Crippen LogP contribution in [0, 0.1) is 5.92 Å². The number of rotatable bonds is 4. The molecule has 4 nitrogen and oxygen atoms in total. The molecule has 0 bridgehead atoms. The van der Waals surface area contributed by atoms with E-state index in [1.54, 1.807) is 0 Å². The standard InChI is InChI=1S/C14H20N2O2/c15-13-6-5-10(7-13)14(18)16-8-11-3-1-2-4-12(11)9-17/h1-4,10,13,17H,5-9,15H2,(H,16,18)/t10-,13+/m1/s1. The number of hydrogen-bond acceptors (Lipinski definition) is 3. The summed E-state index contributed by atoms with van der Waals surface area (Å²) in [6.07, 6.45) is 2.60. The van der Waals surface area contributed by atoms with Gasteiger partial charge >= 0.3 is 0 Å². The molecule has 0 aromatic heterocycles. The van der Waals surface area contributed by atoms with E-state index in [1.807, 2.05) is 24.3 Å². The average molecular weight is 248 g/mol. The molecule has 1 aromatic carbocycles. The molecule has 1 aliphatic rings. The first kappa shape index (κ1) is 13.1. The Balaban J connectivity index is 1.89. The molecular weight excluding hydrogens is 228 g/mol. The fourth-order valence-electron chi connectivity index (χ4n) is 2.47. The van der Waals surface area contributed by atoms with Gasteiger partial charge in [-0.3, -0.25) is 4.79 Å². The van der Waals surface area contributed by atoms with Crippen LogP contribution in [-0.2, 0) is 17.9 Å². The van der Waals surface area contributed by atoms with Crippen molar-refractivity contribution >= 4 is 5.91 Å². The number of nitrogens with two attached hydrogens (primary N) is 1. The lowest BCUT2D eigenvalue weighted by molar-refractivity contribution is -0.125. The van der Waals surface area contributed by atoms with Crippen LogP contribution in [0.3, 0.4) is 0 Å². The maximum atomic E-state index is 11.9. The van der Waals surface area contributed by atoms with Crippen LogP contribution < -0.4 is 11.1 Å².